The third-order valence-electron chi connectivity index (χ3n) is 4.75. The van der Waals surface area contributed by atoms with Gasteiger partial charge in [-0.2, -0.15) is 0 Å². The topological polar surface area (TPSA) is 120 Å². The number of benzene rings is 2. The van der Waals surface area contributed by atoms with Crippen LogP contribution < -0.4 is 19.5 Å². The van der Waals surface area contributed by atoms with Crippen molar-refractivity contribution in [2.24, 2.45) is 0 Å². The fraction of sp³-hybridized carbons (Fsp3) is 0.250. The van der Waals surface area contributed by atoms with Crippen molar-refractivity contribution in [3.8, 4) is 17.2 Å². The van der Waals surface area contributed by atoms with Gasteiger partial charge >= 0.3 is 5.97 Å². The van der Waals surface area contributed by atoms with Crippen LogP contribution in [0.15, 0.2) is 41.3 Å². The smallest absolute Gasteiger partial charge is 0.343 e. The van der Waals surface area contributed by atoms with E-state index < -0.39 is 29.6 Å². The third-order valence-corrected chi connectivity index (χ3v) is 5.94. The van der Waals surface area contributed by atoms with E-state index in [1.807, 2.05) is 0 Å². The van der Waals surface area contributed by atoms with Gasteiger partial charge in [-0.15, -0.1) is 0 Å². The van der Waals surface area contributed by atoms with Crippen LogP contribution in [0.5, 0.6) is 17.2 Å². The Balaban J connectivity index is 1.77. The minimum absolute atomic E-state index is 0.104. The van der Waals surface area contributed by atoms with E-state index in [0.717, 1.165) is 4.90 Å². The summed E-state index contributed by atoms with van der Waals surface area (Å²) in [4.78, 5) is 50.2. The molecule has 0 unspecified atom stereocenters. The van der Waals surface area contributed by atoms with Gasteiger partial charge in [-0.25, -0.2) is 4.79 Å². The molecule has 0 spiro atoms. The summed E-state index contributed by atoms with van der Waals surface area (Å²) in [6.45, 7) is 1.20. The summed E-state index contributed by atoms with van der Waals surface area (Å²) in [6, 6.07) is 9.84. The predicted molar refractivity (Wildman–Crippen MR) is 134 cm³/mol. The molecule has 1 heterocycles. The van der Waals surface area contributed by atoms with Crippen molar-refractivity contribution in [1.29, 1.82) is 0 Å². The number of esters is 1. The number of nitrogens with one attached hydrogen (secondary N) is 1. The number of hydrogen-bond donors (Lipinski definition) is 1. The van der Waals surface area contributed by atoms with E-state index >= 15 is 0 Å². The molecule has 1 aliphatic rings. The number of nitrogens with zero attached hydrogens (tertiary/aromatic N) is 1. The van der Waals surface area contributed by atoms with Crippen LogP contribution in [0.4, 0.5) is 10.5 Å². The van der Waals surface area contributed by atoms with Gasteiger partial charge in [0.05, 0.1) is 36.4 Å². The first-order chi connectivity index (χ1) is 17.3. The average Bonchev–Trinajstić information content (AvgIpc) is 3.11. The fourth-order valence-electron chi connectivity index (χ4n) is 3.13. The highest BCUT2D eigenvalue weighted by Crippen LogP contribution is 2.39. The zero-order valence-corrected chi connectivity index (χ0v) is 21.2. The number of carbonyl (C=O) groups excluding carboxylic acids is 4. The Kier molecular flexibility index (Phi) is 9.20. The lowest BCUT2D eigenvalue weighted by Crippen LogP contribution is -2.36. The molecule has 2 aromatic rings. The lowest BCUT2D eigenvalue weighted by molar-refractivity contribution is -0.143. The number of para-hydroxylation sites is 2. The maximum absolute atomic E-state index is 12.9. The van der Waals surface area contributed by atoms with Crippen LogP contribution in [-0.4, -0.2) is 61.9 Å². The van der Waals surface area contributed by atoms with Crippen molar-refractivity contribution in [3.63, 3.8) is 0 Å². The van der Waals surface area contributed by atoms with E-state index in [4.69, 9.17) is 25.8 Å². The second-order valence-electron chi connectivity index (χ2n) is 7.14. The van der Waals surface area contributed by atoms with Crippen molar-refractivity contribution < 1.29 is 38.1 Å². The highest BCUT2D eigenvalue weighted by molar-refractivity contribution is 8.18. The zero-order chi connectivity index (χ0) is 26.2. The van der Waals surface area contributed by atoms with Crippen molar-refractivity contribution in [3.05, 3.63) is 51.9 Å². The van der Waals surface area contributed by atoms with Gasteiger partial charge in [-0.05, 0) is 54.6 Å². The van der Waals surface area contributed by atoms with Crippen molar-refractivity contribution in [2.45, 2.75) is 6.92 Å². The summed E-state index contributed by atoms with van der Waals surface area (Å²) < 4.78 is 20.7. The number of methoxy groups -OCH3 is 2. The Labute approximate surface area is 216 Å². The van der Waals surface area contributed by atoms with Gasteiger partial charge in [0.2, 0.25) is 5.91 Å². The van der Waals surface area contributed by atoms with E-state index in [2.05, 4.69) is 10.1 Å². The molecule has 0 saturated carbocycles. The fourth-order valence-corrected chi connectivity index (χ4v) is 4.25. The third kappa shape index (κ3) is 6.49. The summed E-state index contributed by atoms with van der Waals surface area (Å²) in [6.07, 6.45) is 1.46. The number of amides is 3. The van der Waals surface area contributed by atoms with Gasteiger partial charge < -0.3 is 24.3 Å². The number of thioether (sulfide) groups is 1. The molecule has 2 aromatic carbocycles. The van der Waals surface area contributed by atoms with Gasteiger partial charge in [0, 0.05) is 0 Å². The molecule has 190 valence electrons. The number of anilines is 1. The molecule has 0 atom stereocenters. The van der Waals surface area contributed by atoms with Crippen LogP contribution in [0, 0.1) is 0 Å². The second-order valence-corrected chi connectivity index (χ2v) is 8.54. The van der Waals surface area contributed by atoms with Crippen LogP contribution in [0.2, 0.25) is 5.02 Å². The van der Waals surface area contributed by atoms with E-state index in [1.54, 1.807) is 37.3 Å². The minimum atomic E-state index is -0.625. The van der Waals surface area contributed by atoms with Gasteiger partial charge in [-0.3, -0.25) is 19.3 Å². The van der Waals surface area contributed by atoms with Gasteiger partial charge in [-0.1, -0.05) is 23.7 Å². The quantitative estimate of drug-likeness (QED) is 0.356. The standard InChI is InChI=1S/C24H23ClN2O8S/c1-4-34-18-10-14(9-15(25)22(18)35-13-21(29)33-3)11-19-23(30)27(24(31)36-19)12-20(28)26-16-7-5-6-8-17(16)32-2/h5-11H,4,12-13H2,1-3H3,(H,26,28)/b19-11-. The molecule has 0 radical (unpaired) electrons. The Morgan fingerprint density at radius 2 is 1.86 bits per heavy atom. The van der Waals surface area contributed by atoms with Gasteiger partial charge in [0.25, 0.3) is 11.1 Å². The lowest BCUT2D eigenvalue weighted by atomic mass is 10.1. The Bertz CT molecular complexity index is 1220. The largest absolute Gasteiger partial charge is 0.495 e. The molecule has 12 heteroatoms. The maximum Gasteiger partial charge on any atom is 0.343 e. The molecule has 0 aliphatic carbocycles. The van der Waals surface area contributed by atoms with Crippen LogP contribution in [0.25, 0.3) is 6.08 Å². The summed E-state index contributed by atoms with van der Waals surface area (Å²) >= 11 is 7.02. The summed E-state index contributed by atoms with van der Waals surface area (Å²) in [5.41, 5.74) is 0.873. The molecular weight excluding hydrogens is 512 g/mol. The van der Waals surface area contributed by atoms with E-state index in [-0.39, 0.29) is 34.6 Å². The van der Waals surface area contributed by atoms with Gasteiger partial charge in [0.15, 0.2) is 18.1 Å². The molecule has 1 aliphatic heterocycles. The first-order valence-electron chi connectivity index (χ1n) is 10.6. The Morgan fingerprint density at radius 3 is 2.56 bits per heavy atom. The van der Waals surface area contributed by atoms with E-state index in [1.165, 1.54) is 26.4 Å². The number of hydrogen-bond acceptors (Lipinski definition) is 9. The molecule has 1 saturated heterocycles. The predicted octanol–water partition coefficient (Wildman–Crippen LogP) is 3.97. The number of halogens is 1. The number of ether oxygens (including phenoxy) is 4. The van der Waals surface area contributed by atoms with Crippen molar-refractivity contribution in [2.75, 3.05) is 39.3 Å². The maximum atomic E-state index is 12.9. The highest BCUT2D eigenvalue weighted by atomic mass is 35.5. The lowest BCUT2D eigenvalue weighted by Gasteiger charge is -2.14. The second kappa shape index (κ2) is 12.3. The molecule has 10 nitrogen and oxygen atoms in total. The molecule has 0 aromatic heterocycles. The zero-order valence-electron chi connectivity index (χ0n) is 19.7. The summed E-state index contributed by atoms with van der Waals surface area (Å²) in [5.74, 6) is -0.947. The molecular formula is C24H23ClN2O8S. The molecule has 1 fully saturated rings. The first kappa shape index (κ1) is 26.9. The average molecular weight is 535 g/mol. The van der Waals surface area contributed by atoms with Crippen molar-refractivity contribution >= 4 is 58.1 Å². The van der Waals surface area contributed by atoms with E-state index in [9.17, 15) is 19.2 Å². The monoisotopic (exact) mass is 534 g/mol. The van der Waals surface area contributed by atoms with Gasteiger partial charge in [0.1, 0.15) is 12.3 Å². The van der Waals surface area contributed by atoms with Crippen LogP contribution >= 0.6 is 23.4 Å². The Morgan fingerprint density at radius 1 is 1.11 bits per heavy atom. The van der Waals surface area contributed by atoms with Crippen LogP contribution in [-0.2, 0) is 19.1 Å². The number of imide groups is 1. The minimum Gasteiger partial charge on any atom is -0.495 e. The van der Waals surface area contributed by atoms with E-state index in [0.29, 0.717) is 28.8 Å². The number of rotatable bonds is 10. The van der Waals surface area contributed by atoms with Crippen LogP contribution in [0.3, 0.4) is 0 Å². The highest BCUT2D eigenvalue weighted by Gasteiger charge is 2.36. The summed E-state index contributed by atoms with van der Waals surface area (Å²) in [7, 11) is 2.70. The molecule has 36 heavy (non-hydrogen) atoms. The Hall–Kier alpha value is -3.70. The summed E-state index contributed by atoms with van der Waals surface area (Å²) in [5, 5.41) is 2.18. The normalized spacial score (nSPS) is 14.1. The molecule has 3 rings (SSSR count). The first-order valence-corrected chi connectivity index (χ1v) is 11.8. The molecule has 1 N–H and O–H groups in total. The van der Waals surface area contributed by atoms with Crippen molar-refractivity contribution in [1.82, 2.24) is 4.90 Å². The van der Waals surface area contributed by atoms with Crippen LogP contribution in [0.1, 0.15) is 12.5 Å². The number of carbonyl (C=O) groups is 4. The molecule has 0 bridgehead atoms. The molecule has 3 amide bonds. The SMILES string of the molecule is CCOc1cc(/C=C2\SC(=O)N(CC(=O)Nc3ccccc3OC)C2=O)cc(Cl)c1OCC(=O)OC.